The number of hydrogen-bond donors (Lipinski definition) is 1. The maximum absolute atomic E-state index is 10.4. The number of anilines is 1. The van der Waals surface area contributed by atoms with Crippen LogP contribution in [0.2, 0.25) is 0 Å². The van der Waals surface area contributed by atoms with E-state index in [-0.39, 0.29) is 6.42 Å². The number of aromatic nitrogens is 2. The maximum Gasteiger partial charge on any atom is 0.303 e. The number of fused-ring (bicyclic) bond motifs is 1. The van der Waals surface area contributed by atoms with E-state index in [1.807, 2.05) is 23.4 Å². The Morgan fingerprint density at radius 2 is 2.35 bits per heavy atom. The highest BCUT2D eigenvalue weighted by atomic mass is 32.1. The normalized spacial score (nSPS) is 10.6. The summed E-state index contributed by atoms with van der Waals surface area (Å²) in [5, 5.41) is 11.6. The van der Waals surface area contributed by atoms with Crippen molar-refractivity contribution < 1.29 is 9.90 Å². The van der Waals surface area contributed by atoms with E-state index in [2.05, 4.69) is 9.97 Å². The summed E-state index contributed by atoms with van der Waals surface area (Å²) in [6.07, 6.45) is 2.34. The van der Waals surface area contributed by atoms with Gasteiger partial charge in [-0.2, -0.15) is 0 Å². The van der Waals surface area contributed by atoms with Crippen molar-refractivity contribution >= 4 is 33.3 Å². The SMILES string of the molecule is CN(CCCC(=O)O)c1ncnc2sccc12. The lowest BCUT2D eigenvalue weighted by atomic mass is 10.3. The van der Waals surface area contributed by atoms with Crippen LogP contribution in [0, 0.1) is 0 Å². The Morgan fingerprint density at radius 3 is 3.12 bits per heavy atom. The first kappa shape index (κ1) is 11.8. The van der Waals surface area contributed by atoms with Gasteiger partial charge in [0.2, 0.25) is 0 Å². The van der Waals surface area contributed by atoms with Gasteiger partial charge in [-0.25, -0.2) is 9.97 Å². The molecule has 1 N–H and O–H groups in total. The molecule has 0 atom stereocenters. The average molecular weight is 251 g/mol. The minimum atomic E-state index is -0.762. The summed E-state index contributed by atoms with van der Waals surface area (Å²) in [6.45, 7) is 0.675. The molecule has 2 aromatic rings. The van der Waals surface area contributed by atoms with Crippen molar-refractivity contribution in [1.82, 2.24) is 9.97 Å². The van der Waals surface area contributed by atoms with Crippen LogP contribution in [-0.4, -0.2) is 34.6 Å². The molecule has 0 spiro atoms. The Morgan fingerprint density at radius 1 is 1.53 bits per heavy atom. The van der Waals surface area contributed by atoms with Crippen molar-refractivity contribution in [1.29, 1.82) is 0 Å². The molecule has 0 unspecified atom stereocenters. The van der Waals surface area contributed by atoms with Gasteiger partial charge in [0.1, 0.15) is 17.0 Å². The second-order valence-corrected chi connectivity index (χ2v) is 4.65. The van der Waals surface area contributed by atoms with Crippen LogP contribution in [0.4, 0.5) is 5.82 Å². The first-order chi connectivity index (χ1) is 8.18. The molecule has 2 aromatic heterocycles. The Hall–Kier alpha value is -1.69. The van der Waals surface area contributed by atoms with Gasteiger partial charge in [-0.05, 0) is 17.9 Å². The molecule has 90 valence electrons. The smallest absolute Gasteiger partial charge is 0.303 e. The number of carbonyl (C=O) groups is 1. The first-order valence-electron chi connectivity index (χ1n) is 5.29. The van der Waals surface area contributed by atoms with E-state index in [1.165, 1.54) is 0 Å². The highest BCUT2D eigenvalue weighted by Gasteiger charge is 2.09. The Balaban J connectivity index is 2.10. The summed E-state index contributed by atoms with van der Waals surface area (Å²) < 4.78 is 0. The zero-order valence-electron chi connectivity index (χ0n) is 9.46. The summed E-state index contributed by atoms with van der Waals surface area (Å²) in [5.74, 6) is 0.100. The number of carboxylic acid groups (broad SMARTS) is 1. The molecular weight excluding hydrogens is 238 g/mol. The second-order valence-electron chi connectivity index (χ2n) is 3.76. The second kappa shape index (κ2) is 5.09. The summed E-state index contributed by atoms with van der Waals surface area (Å²) >= 11 is 1.58. The van der Waals surface area contributed by atoms with Crippen molar-refractivity contribution in [2.75, 3.05) is 18.5 Å². The fourth-order valence-corrected chi connectivity index (χ4v) is 2.38. The lowest BCUT2D eigenvalue weighted by Crippen LogP contribution is -2.20. The third-order valence-electron chi connectivity index (χ3n) is 2.49. The molecule has 0 bridgehead atoms. The third-order valence-corrected chi connectivity index (χ3v) is 3.31. The van der Waals surface area contributed by atoms with Gasteiger partial charge in [0.05, 0.1) is 5.39 Å². The highest BCUT2D eigenvalue weighted by Crippen LogP contribution is 2.25. The van der Waals surface area contributed by atoms with Crippen molar-refractivity contribution in [2.45, 2.75) is 12.8 Å². The van der Waals surface area contributed by atoms with E-state index in [0.29, 0.717) is 13.0 Å². The molecule has 0 saturated heterocycles. The van der Waals surface area contributed by atoms with Gasteiger partial charge in [0.25, 0.3) is 0 Å². The molecule has 0 aliphatic rings. The molecule has 5 nitrogen and oxygen atoms in total. The van der Waals surface area contributed by atoms with Gasteiger partial charge in [-0.3, -0.25) is 4.79 Å². The van der Waals surface area contributed by atoms with Crippen molar-refractivity contribution in [3.05, 3.63) is 17.8 Å². The van der Waals surface area contributed by atoms with E-state index in [1.54, 1.807) is 17.7 Å². The molecule has 0 aromatic carbocycles. The molecule has 0 fully saturated rings. The van der Waals surface area contributed by atoms with Crippen LogP contribution in [0.1, 0.15) is 12.8 Å². The Kier molecular flexibility index (Phi) is 3.53. The lowest BCUT2D eigenvalue weighted by molar-refractivity contribution is -0.137. The summed E-state index contributed by atoms with van der Waals surface area (Å²) in [4.78, 5) is 21.8. The number of aliphatic carboxylic acids is 1. The van der Waals surface area contributed by atoms with Crippen molar-refractivity contribution in [3.63, 3.8) is 0 Å². The van der Waals surface area contributed by atoms with Crippen LogP contribution >= 0.6 is 11.3 Å². The fraction of sp³-hybridized carbons (Fsp3) is 0.364. The standard InChI is InChI=1S/C11H13N3O2S/c1-14(5-2-3-9(15)16)10-8-4-6-17-11(8)13-7-12-10/h4,6-7H,2-3,5H2,1H3,(H,15,16). The predicted octanol–water partition coefficient (Wildman–Crippen LogP) is 1.99. The molecule has 0 aliphatic carbocycles. The number of thiophene rings is 1. The van der Waals surface area contributed by atoms with Gasteiger partial charge in [-0.15, -0.1) is 11.3 Å². The Bertz CT molecular complexity index is 526. The molecule has 2 heterocycles. The summed E-state index contributed by atoms with van der Waals surface area (Å²) in [5.41, 5.74) is 0. The molecule has 0 amide bonds. The van der Waals surface area contributed by atoms with Crippen LogP contribution < -0.4 is 4.90 Å². The van der Waals surface area contributed by atoms with E-state index >= 15 is 0 Å². The molecule has 0 aliphatic heterocycles. The zero-order valence-corrected chi connectivity index (χ0v) is 10.3. The minimum absolute atomic E-state index is 0.183. The Labute approximate surface area is 103 Å². The minimum Gasteiger partial charge on any atom is -0.481 e. The van der Waals surface area contributed by atoms with Crippen LogP contribution in [0.15, 0.2) is 17.8 Å². The van der Waals surface area contributed by atoms with Crippen molar-refractivity contribution in [2.24, 2.45) is 0 Å². The maximum atomic E-state index is 10.4. The van der Waals surface area contributed by atoms with Gasteiger partial charge < -0.3 is 10.0 Å². The third kappa shape index (κ3) is 2.71. The average Bonchev–Trinajstić information content (AvgIpc) is 2.75. The van der Waals surface area contributed by atoms with Gasteiger partial charge in [-0.1, -0.05) is 0 Å². The van der Waals surface area contributed by atoms with Gasteiger partial charge >= 0.3 is 5.97 Å². The molecule has 6 heteroatoms. The summed E-state index contributed by atoms with van der Waals surface area (Å²) in [7, 11) is 1.92. The fourth-order valence-electron chi connectivity index (χ4n) is 1.65. The number of rotatable bonds is 5. The number of nitrogens with zero attached hydrogens (tertiary/aromatic N) is 3. The highest BCUT2D eigenvalue weighted by molar-refractivity contribution is 7.16. The monoisotopic (exact) mass is 251 g/mol. The first-order valence-corrected chi connectivity index (χ1v) is 6.17. The van der Waals surface area contributed by atoms with Crippen LogP contribution in [0.5, 0.6) is 0 Å². The number of hydrogen-bond acceptors (Lipinski definition) is 5. The molecule has 2 rings (SSSR count). The summed E-state index contributed by atoms with van der Waals surface area (Å²) in [6, 6.07) is 1.99. The molecule has 0 saturated carbocycles. The topological polar surface area (TPSA) is 66.3 Å². The van der Waals surface area contributed by atoms with Crippen LogP contribution in [0.25, 0.3) is 10.2 Å². The van der Waals surface area contributed by atoms with Gasteiger partial charge in [0.15, 0.2) is 0 Å². The van der Waals surface area contributed by atoms with E-state index < -0.39 is 5.97 Å². The quantitative estimate of drug-likeness (QED) is 0.880. The van der Waals surface area contributed by atoms with Crippen molar-refractivity contribution in [3.8, 4) is 0 Å². The van der Waals surface area contributed by atoms with Crippen LogP contribution in [0.3, 0.4) is 0 Å². The van der Waals surface area contributed by atoms with E-state index in [0.717, 1.165) is 16.0 Å². The molecule has 0 radical (unpaired) electrons. The predicted molar refractivity (Wildman–Crippen MR) is 67.6 cm³/mol. The number of carboxylic acids is 1. The van der Waals surface area contributed by atoms with Gasteiger partial charge in [0, 0.05) is 20.0 Å². The largest absolute Gasteiger partial charge is 0.481 e. The molecular formula is C11H13N3O2S. The van der Waals surface area contributed by atoms with E-state index in [4.69, 9.17) is 5.11 Å². The van der Waals surface area contributed by atoms with Crippen LogP contribution in [-0.2, 0) is 4.79 Å². The molecule has 17 heavy (non-hydrogen) atoms. The lowest BCUT2D eigenvalue weighted by Gasteiger charge is -2.17. The zero-order chi connectivity index (χ0) is 12.3. The van der Waals surface area contributed by atoms with E-state index in [9.17, 15) is 4.79 Å².